The van der Waals surface area contributed by atoms with Gasteiger partial charge in [-0.25, -0.2) is 0 Å². The average molecular weight is 325 g/mol. The molecule has 19 heavy (non-hydrogen) atoms. The monoisotopic (exact) mass is 324 g/mol. The summed E-state index contributed by atoms with van der Waals surface area (Å²) in [6, 6.07) is 4.37. The first kappa shape index (κ1) is 13.4. The molecular formula is C16H21BrO2. The fourth-order valence-corrected chi connectivity index (χ4v) is 3.98. The summed E-state index contributed by atoms with van der Waals surface area (Å²) in [7, 11) is 0. The second-order valence-corrected chi connectivity index (χ2v) is 6.81. The average Bonchev–Trinajstić information content (AvgIpc) is 2.73. The van der Waals surface area contributed by atoms with Crippen LogP contribution >= 0.6 is 15.9 Å². The van der Waals surface area contributed by atoms with Crippen molar-refractivity contribution in [3.63, 3.8) is 0 Å². The van der Waals surface area contributed by atoms with E-state index in [0.717, 1.165) is 42.5 Å². The molecule has 2 nitrogen and oxygen atoms in total. The van der Waals surface area contributed by atoms with Crippen LogP contribution in [0.25, 0.3) is 0 Å². The fraction of sp³-hybridized carbons (Fsp3) is 0.625. The number of hydrogen-bond donors (Lipinski definition) is 1. The molecule has 2 unspecified atom stereocenters. The molecule has 2 atom stereocenters. The van der Waals surface area contributed by atoms with Crippen LogP contribution in [0.4, 0.5) is 0 Å². The highest BCUT2D eigenvalue weighted by molar-refractivity contribution is 9.10. The molecule has 2 aliphatic rings. The van der Waals surface area contributed by atoms with Gasteiger partial charge in [-0.15, -0.1) is 0 Å². The third-order valence-electron chi connectivity index (χ3n) is 4.34. The van der Waals surface area contributed by atoms with E-state index in [4.69, 9.17) is 4.74 Å². The van der Waals surface area contributed by atoms with Crippen LogP contribution in [0.15, 0.2) is 16.6 Å². The molecule has 1 aromatic carbocycles. The summed E-state index contributed by atoms with van der Waals surface area (Å²) < 4.78 is 6.95. The van der Waals surface area contributed by atoms with E-state index in [1.54, 1.807) is 0 Å². The Morgan fingerprint density at radius 3 is 3.00 bits per heavy atom. The van der Waals surface area contributed by atoms with Crippen LogP contribution in [0.5, 0.6) is 5.75 Å². The minimum absolute atomic E-state index is 0.103. The maximum atomic E-state index is 9.95. The number of benzene rings is 1. The Morgan fingerprint density at radius 1 is 1.26 bits per heavy atom. The van der Waals surface area contributed by atoms with Crippen LogP contribution in [-0.4, -0.2) is 17.8 Å². The standard InChI is InChI=1S/C16H21BrO2/c17-14-9-12-5-6-19-16(12)13(10-14)7-11-3-1-2-4-15(18)8-11/h9-11,15,18H,1-8H2. The molecule has 104 valence electrons. The number of aliphatic hydroxyl groups excluding tert-OH is 1. The molecule has 1 aliphatic heterocycles. The Bertz CT molecular complexity index is 458. The molecule has 0 bridgehead atoms. The smallest absolute Gasteiger partial charge is 0.125 e. The van der Waals surface area contributed by atoms with Gasteiger partial charge in [-0.1, -0.05) is 35.2 Å². The first-order valence-corrected chi connectivity index (χ1v) is 8.14. The van der Waals surface area contributed by atoms with Crippen LogP contribution in [0.1, 0.15) is 43.2 Å². The highest BCUT2D eigenvalue weighted by atomic mass is 79.9. The zero-order valence-electron chi connectivity index (χ0n) is 11.2. The molecule has 1 heterocycles. The molecule has 3 rings (SSSR count). The van der Waals surface area contributed by atoms with Gasteiger partial charge in [-0.2, -0.15) is 0 Å². The summed E-state index contributed by atoms with van der Waals surface area (Å²) >= 11 is 3.60. The van der Waals surface area contributed by atoms with E-state index in [-0.39, 0.29) is 6.10 Å². The Morgan fingerprint density at radius 2 is 2.11 bits per heavy atom. The van der Waals surface area contributed by atoms with Crippen molar-refractivity contribution in [2.24, 2.45) is 5.92 Å². The van der Waals surface area contributed by atoms with Gasteiger partial charge in [0.1, 0.15) is 5.75 Å². The molecule has 1 saturated carbocycles. The second kappa shape index (κ2) is 5.84. The number of rotatable bonds is 2. The van der Waals surface area contributed by atoms with E-state index in [1.807, 2.05) is 0 Å². The van der Waals surface area contributed by atoms with Crippen LogP contribution in [0, 0.1) is 5.92 Å². The van der Waals surface area contributed by atoms with Crippen LogP contribution in [0.3, 0.4) is 0 Å². The van der Waals surface area contributed by atoms with Crippen molar-refractivity contribution in [1.82, 2.24) is 0 Å². The van der Waals surface area contributed by atoms with E-state index >= 15 is 0 Å². The van der Waals surface area contributed by atoms with Crippen LogP contribution < -0.4 is 4.74 Å². The van der Waals surface area contributed by atoms with Gasteiger partial charge in [0.05, 0.1) is 12.7 Å². The van der Waals surface area contributed by atoms with Crippen molar-refractivity contribution >= 4 is 15.9 Å². The summed E-state index contributed by atoms with van der Waals surface area (Å²) in [5.41, 5.74) is 2.65. The van der Waals surface area contributed by atoms with E-state index in [0.29, 0.717) is 5.92 Å². The molecule has 1 aliphatic carbocycles. The quantitative estimate of drug-likeness (QED) is 0.837. The number of fused-ring (bicyclic) bond motifs is 1. The molecule has 0 aromatic heterocycles. The predicted molar refractivity (Wildman–Crippen MR) is 79.6 cm³/mol. The lowest BCUT2D eigenvalue weighted by Crippen LogP contribution is -2.13. The van der Waals surface area contributed by atoms with E-state index in [2.05, 4.69) is 28.1 Å². The minimum Gasteiger partial charge on any atom is -0.493 e. The van der Waals surface area contributed by atoms with Gasteiger partial charge in [0, 0.05) is 10.9 Å². The highest BCUT2D eigenvalue weighted by Gasteiger charge is 2.23. The summed E-state index contributed by atoms with van der Waals surface area (Å²) in [5, 5.41) is 9.95. The number of hydrogen-bond acceptors (Lipinski definition) is 2. The number of ether oxygens (including phenoxy) is 1. The van der Waals surface area contributed by atoms with Gasteiger partial charge in [0.2, 0.25) is 0 Å². The molecule has 1 aromatic rings. The number of halogens is 1. The molecule has 1 N–H and O–H groups in total. The van der Waals surface area contributed by atoms with Crippen molar-refractivity contribution in [3.8, 4) is 5.75 Å². The molecule has 0 spiro atoms. The van der Waals surface area contributed by atoms with Crippen molar-refractivity contribution in [2.45, 2.75) is 51.0 Å². The Kier molecular flexibility index (Phi) is 4.13. The maximum Gasteiger partial charge on any atom is 0.125 e. The molecular weight excluding hydrogens is 304 g/mol. The summed E-state index contributed by atoms with van der Waals surface area (Å²) in [6.45, 7) is 0.812. The van der Waals surface area contributed by atoms with Crippen LogP contribution in [0.2, 0.25) is 0 Å². The van der Waals surface area contributed by atoms with Crippen molar-refractivity contribution in [1.29, 1.82) is 0 Å². The molecule has 1 fully saturated rings. The molecule has 0 radical (unpaired) electrons. The van der Waals surface area contributed by atoms with E-state index < -0.39 is 0 Å². The topological polar surface area (TPSA) is 29.5 Å². The van der Waals surface area contributed by atoms with Crippen molar-refractivity contribution in [2.75, 3.05) is 6.61 Å². The number of aliphatic hydroxyl groups is 1. The Labute approximate surface area is 123 Å². The molecule has 0 amide bonds. The second-order valence-electron chi connectivity index (χ2n) is 5.90. The minimum atomic E-state index is -0.103. The molecule has 0 saturated heterocycles. The van der Waals surface area contributed by atoms with Crippen LogP contribution in [-0.2, 0) is 12.8 Å². The first-order valence-electron chi connectivity index (χ1n) is 7.34. The third kappa shape index (κ3) is 3.14. The first-order chi connectivity index (χ1) is 9.22. The summed E-state index contributed by atoms with van der Waals surface area (Å²) in [6.07, 6.45) is 7.54. The molecule has 3 heteroatoms. The zero-order valence-corrected chi connectivity index (χ0v) is 12.8. The summed E-state index contributed by atoms with van der Waals surface area (Å²) in [5.74, 6) is 1.71. The van der Waals surface area contributed by atoms with Gasteiger partial charge in [0.25, 0.3) is 0 Å². The SMILES string of the molecule is OC1CCCCC(Cc2cc(Br)cc3c2OCC3)C1. The van der Waals surface area contributed by atoms with Crippen molar-refractivity contribution < 1.29 is 9.84 Å². The lowest BCUT2D eigenvalue weighted by molar-refractivity contribution is 0.141. The van der Waals surface area contributed by atoms with E-state index in [9.17, 15) is 5.11 Å². The van der Waals surface area contributed by atoms with Gasteiger partial charge >= 0.3 is 0 Å². The predicted octanol–water partition coefficient (Wildman–Crippen LogP) is 3.87. The van der Waals surface area contributed by atoms with Gasteiger partial charge in [-0.05, 0) is 48.4 Å². The third-order valence-corrected chi connectivity index (χ3v) is 4.80. The summed E-state index contributed by atoms with van der Waals surface area (Å²) in [4.78, 5) is 0. The van der Waals surface area contributed by atoms with E-state index in [1.165, 1.54) is 30.4 Å². The van der Waals surface area contributed by atoms with Gasteiger partial charge in [-0.3, -0.25) is 0 Å². The lowest BCUT2D eigenvalue weighted by atomic mass is 9.90. The van der Waals surface area contributed by atoms with Gasteiger partial charge < -0.3 is 9.84 Å². The van der Waals surface area contributed by atoms with Crippen molar-refractivity contribution in [3.05, 3.63) is 27.7 Å². The van der Waals surface area contributed by atoms with Gasteiger partial charge in [0.15, 0.2) is 0 Å². The Hall–Kier alpha value is -0.540. The fourth-order valence-electron chi connectivity index (χ4n) is 3.43. The highest BCUT2D eigenvalue weighted by Crippen LogP contribution is 2.36. The normalized spacial score (nSPS) is 26.6. The zero-order chi connectivity index (χ0) is 13.2. The maximum absolute atomic E-state index is 9.95. The Balaban J connectivity index is 1.79. The largest absolute Gasteiger partial charge is 0.493 e. The lowest BCUT2D eigenvalue weighted by Gasteiger charge is -2.18.